The molecule has 2 aromatic rings. The third-order valence-corrected chi connectivity index (χ3v) is 5.19. The molecule has 0 fully saturated rings. The predicted octanol–water partition coefficient (Wildman–Crippen LogP) is 2.15. The molecule has 3 N–H and O–H groups in total. The average Bonchev–Trinajstić information content (AvgIpc) is 2.70. The maximum Gasteiger partial charge on any atom is 0.279 e. The van der Waals surface area contributed by atoms with Crippen molar-refractivity contribution in [1.82, 2.24) is 5.32 Å². The summed E-state index contributed by atoms with van der Waals surface area (Å²) in [6.45, 7) is 6.82. The van der Waals surface area contributed by atoms with Gasteiger partial charge in [-0.1, -0.05) is 55.0 Å². The minimum atomic E-state index is -0.308. The highest BCUT2D eigenvalue weighted by atomic mass is 16.2. The molecule has 0 spiro atoms. The number of amides is 2. The highest BCUT2D eigenvalue weighted by Crippen LogP contribution is 2.17. The second kappa shape index (κ2) is 10.6. The van der Waals surface area contributed by atoms with Crippen molar-refractivity contribution >= 4 is 17.5 Å². The number of nitrogens with one attached hydrogen (secondary N) is 3. The summed E-state index contributed by atoms with van der Waals surface area (Å²) in [4.78, 5) is 25.7. The van der Waals surface area contributed by atoms with Crippen molar-refractivity contribution in [3.05, 3.63) is 65.7 Å². The summed E-state index contributed by atoms with van der Waals surface area (Å²) >= 11 is 0. The zero-order valence-corrected chi connectivity index (χ0v) is 17.3. The summed E-state index contributed by atoms with van der Waals surface area (Å²) in [5.74, 6) is 0.161. The van der Waals surface area contributed by atoms with E-state index in [0.29, 0.717) is 12.5 Å². The number of carbonyl (C=O) groups excluding carboxylic acids is 2. The Kier molecular flexibility index (Phi) is 8.20. The summed E-state index contributed by atoms with van der Waals surface area (Å²) < 4.78 is 0. The minimum absolute atomic E-state index is 0.0324. The van der Waals surface area contributed by atoms with E-state index in [1.807, 2.05) is 63.4 Å². The Morgan fingerprint density at radius 3 is 2.29 bits per heavy atom. The molecule has 5 heteroatoms. The first-order valence-corrected chi connectivity index (χ1v) is 9.92. The maximum atomic E-state index is 12.5. The van der Waals surface area contributed by atoms with Crippen LogP contribution < -0.4 is 15.5 Å². The van der Waals surface area contributed by atoms with Crippen LogP contribution in [-0.4, -0.2) is 38.0 Å². The lowest BCUT2D eigenvalue weighted by atomic mass is 9.96. The van der Waals surface area contributed by atoms with Gasteiger partial charge >= 0.3 is 0 Å². The molecule has 0 heterocycles. The van der Waals surface area contributed by atoms with E-state index in [4.69, 9.17) is 0 Å². The molecule has 150 valence electrons. The van der Waals surface area contributed by atoms with Crippen LogP contribution in [0.2, 0.25) is 0 Å². The largest absolute Gasteiger partial charge is 0.350 e. The SMILES string of the molecule is CC[C@@H](CNC(=O)[C@@H](C)[NH+](C)CC(=O)Nc1ccc(C)cc1)c1ccccc1. The number of benzene rings is 2. The van der Waals surface area contributed by atoms with Gasteiger partial charge in [0.25, 0.3) is 11.8 Å². The molecule has 0 aliphatic carbocycles. The molecule has 0 bridgehead atoms. The number of rotatable bonds is 9. The van der Waals surface area contributed by atoms with Crippen LogP contribution in [-0.2, 0) is 9.59 Å². The molecule has 1 unspecified atom stereocenters. The van der Waals surface area contributed by atoms with Gasteiger partial charge in [0.15, 0.2) is 12.6 Å². The summed E-state index contributed by atoms with van der Waals surface area (Å²) in [5, 5.41) is 5.93. The Morgan fingerprint density at radius 2 is 1.68 bits per heavy atom. The minimum Gasteiger partial charge on any atom is -0.350 e. The van der Waals surface area contributed by atoms with Crippen molar-refractivity contribution in [2.45, 2.75) is 39.2 Å². The lowest BCUT2D eigenvalue weighted by molar-refractivity contribution is -0.885. The van der Waals surface area contributed by atoms with E-state index in [2.05, 4.69) is 29.7 Å². The van der Waals surface area contributed by atoms with Crippen LogP contribution in [0.4, 0.5) is 5.69 Å². The summed E-state index contributed by atoms with van der Waals surface area (Å²) in [6, 6.07) is 17.6. The Morgan fingerprint density at radius 1 is 1.04 bits per heavy atom. The topological polar surface area (TPSA) is 62.6 Å². The van der Waals surface area contributed by atoms with Crippen LogP contribution in [0.15, 0.2) is 54.6 Å². The van der Waals surface area contributed by atoms with Crippen LogP contribution >= 0.6 is 0 Å². The van der Waals surface area contributed by atoms with Gasteiger partial charge in [-0.05, 0) is 38.0 Å². The van der Waals surface area contributed by atoms with Crippen molar-refractivity contribution in [2.24, 2.45) is 0 Å². The van der Waals surface area contributed by atoms with Gasteiger partial charge in [0.1, 0.15) is 0 Å². The molecule has 0 aliphatic heterocycles. The maximum absolute atomic E-state index is 12.5. The van der Waals surface area contributed by atoms with Crippen molar-refractivity contribution in [3.8, 4) is 0 Å². The number of quaternary nitrogens is 1. The third-order valence-electron chi connectivity index (χ3n) is 5.19. The highest BCUT2D eigenvalue weighted by Gasteiger charge is 2.24. The molecule has 5 nitrogen and oxygen atoms in total. The number of aryl methyl sites for hydroxylation is 1. The van der Waals surface area contributed by atoms with Gasteiger partial charge in [0.2, 0.25) is 0 Å². The standard InChI is InChI=1S/C23H31N3O2/c1-5-19(20-9-7-6-8-10-20)15-24-23(28)18(3)26(4)16-22(27)25-21-13-11-17(2)12-14-21/h6-14,18-19H,5,15-16H2,1-4H3,(H,24,28)(H,25,27)/p+1/t18-,19+/m1/s1. The van der Waals surface area contributed by atoms with E-state index >= 15 is 0 Å². The van der Waals surface area contributed by atoms with Crippen molar-refractivity contribution in [1.29, 1.82) is 0 Å². The van der Waals surface area contributed by atoms with Gasteiger partial charge in [-0.2, -0.15) is 0 Å². The van der Waals surface area contributed by atoms with Gasteiger partial charge < -0.3 is 15.5 Å². The summed E-state index contributed by atoms with van der Waals surface area (Å²) in [6.07, 6.45) is 0.959. The summed E-state index contributed by atoms with van der Waals surface area (Å²) in [5.41, 5.74) is 3.15. The zero-order chi connectivity index (χ0) is 20.5. The van der Waals surface area contributed by atoms with Crippen LogP contribution in [0.25, 0.3) is 0 Å². The lowest BCUT2D eigenvalue weighted by Crippen LogP contribution is -3.15. The molecule has 0 saturated heterocycles. The molecule has 0 radical (unpaired) electrons. The molecule has 0 aliphatic rings. The summed E-state index contributed by atoms with van der Waals surface area (Å²) in [7, 11) is 1.87. The molecule has 2 aromatic carbocycles. The molecule has 0 saturated carbocycles. The van der Waals surface area contributed by atoms with Gasteiger partial charge in [-0.3, -0.25) is 9.59 Å². The molecule has 3 atom stereocenters. The Hall–Kier alpha value is -2.66. The molecular weight excluding hydrogens is 350 g/mol. The van der Waals surface area contributed by atoms with Crippen LogP contribution in [0.1, 0.15) is 37.3 Å². The second-order valence-electron chi connectivity index (χ2n) is 7.42. The second-order valence-corrected chi connectivity index (χ2v) is 7.42. The fraction of sp³-hybridized carbons (Fsp3) is 0.391. The number of anilines is 1. The Balaban J connectivity index is 1.82. The Labute approximate surface area is 168 Å². The van der Waals surface area contributed by atoms with Crippen LogP contribution in [0.3, 0.4) is 0 Å². The van der Waals surface area contributed by atoms with E-state index in [0.717, 1.165) is 22.6 Å². The lowest BCUT2D eigenvalue weighted by Gasteiger charge is -2.22. The number of likely N-dealkylation sites (N-methyl/N-ethyl adjacent to an activating group) is 1. The van der Waals surface area contributed by atoms with Gasteiger partial charge in [-0.15, -0.1) is 0 Å². The first-order chi connectivity index (χ1) is 13.4. The zero-order valence-electron chi connectivity index (χ0n) is 17.3. The smallest absolute Gasteiger partial charge is 0.279 e. The molecule has 28 heavy (non-hydrogen) atoms. The third kappa shape index (κ3) is 6.50. The van der Waals surface area contributed by atoms with E-state index in [1.54, 1.807) is 0 Å². The molecular formula is C23H32N3O2+. The van der Waals surface area contributed by atoms with Crippen molar-refractivity contribution in [3.63, 3.8) is 0 Å². The average molecular weight is 383 g/mol. The first kappa shape index (κ1) is 21.6. The normalized spacial score (nSPS) is 14.0. The number of hydrogen-bond donors (Lipinski definition) is 3. The van der Waals surface area contributed by atoms with E-state index in [-0.39, 0.29) is 24.4 Å². The van der Waals surface area contributed by atoms with Crippen molar-refractivity contribution in [2.75, 3.05) is 25.5 Å². The van der Waals surface area contributed by atoms with Gasteiger partial charge in [-0.25, -0.2) is 0 Å². The molecule has 2 amide bonds. The van der Waals surface area contributed by atoms with Gasteiger partial charge in [0.05, 0.1) is 7.05 Å². The first-order valence-electron chi connectivity index (χ1n) is 9.92. The highest BCUT2D eigenvalue weighted by molar-refractivity contribution is 5.91. The quantitative estimate of drug-likeness (QED) is 0.622. The number of hydrogen-bond acceptors (Lipinski definition) is 2. The van der Waals surface area contributed by atoms with Crippen molar-refractivity contribution < 1.29 is 14.5 Å². The fourth-order valence-electron chi connectivity index (χ4n) is 3.07. The number of carbonyl (C=O) groups is 2. The van der Waals surface area contributed by atoms with E-state index < -0.39 is 0 Å². The van der Waals surface area contributed by atoms with E-state index in [1.165, 1.54) is 5.56 Å². The fourth-order valence-corrected chi connectivity index (χ4v) is 3.07. The monoisotopic (exact) mass is 382 g/mol. The Bertz CT molecular complexity index is 759. The predicted molar refractivity (Wildman–Crippen MR) is 114 cm³/mol. The van der Waals surface area contributed by atoms with Crippen LogP contribution in [0.5, 0.6) is 0 Å². The van der Waals surface area contributed by atoms with E-state index in [9.17, 15) is 9.59 Å². The molecule has 2 rings (SSSR count). The van der Waals surface area contributed by atoms with Crippen LogP contribution in [0, 0.1) is 6.92 Å². The molecule has 0 aromatic heterocycles. The van der Waals surface area contributed by atoms with Gasteiger partial charge in [0, 0.05) is 18.2 Å².